The maximum absolute atomic E-state index is 10.4. The van der Waals surface area contributed by atoms with E-state index in [1.165, 1.54) is 5.56 Å². The van der Waals surface area contributed by atoms with Crippen LogP contribution in [-0.4, -0.2) is 28.6 Å². The Morgan fingerprint density at radius 3 is 2.57 bits per heavy atom. The van der Waals surface area contributed by atoms with Crippen molar-refractivity contribution in [3.05, 3.63) is 64.5 Å². The normalized spacial score (nSPS) is 12.7. The molecular formula is C18H24N2O. The maximum atomic E-state index is 10.4. The molecule has 0 saturated carbocycles. The zero-order valence-electron chi connectivity index (χ0n) is 13.3. The first kappa shape index (κ1) is 15.7. The van der Waals surface area contributed by atoms with Gasteiger partial charge in [0.2, 0.25) is 0 Å². The van der Waals surface area contributed by atoms with Crippen LogP contribution in [0.15, 0.2) is 36.4 Å². The van der Waals surface area contributed by atoms with Crippen molar-refractivity contribution in [1.82, 2.24) is 9.88 Å². The standard InChI is InChI=1S/C18H24N2O/c1-13-8-9-17(14(2)10-13)18(21)12-20(4)11-16-7-5-6-15(3)19-16/h5-10,18,21H,11-12H2,1-4H3. The van der Waals surface area contributed by atoms with E-state index < -0.39 is 6.10 Å². The van der Waals surface area contributed by atoms with Crippen LogP contribution in [0.1, 0.15) is 34.2 Å². The second-order valence-electron chi connectivity index (χ2n) is 5.84. The van der Waals surface area contributed by atoms with Crippen molar-refractivity contribution in [3.8, 4) is 0 Å². The molecular weight excluding hydrogens is 260 g/mol. The zero-order chi connectivity index (χ0) is 15.4. The first-order valence-corrected chi connectivity index (χ1v) is 7.32. The number of hydrogen-bond donors (Lipinski definition) is 1. The molecule has 112 valence electrons. The van der Waals surface area contributed by atoms with Gasteiger partial charge in [0.15, 0.2) is 0 Å². The van der Waals surface area contributed by atoms with Gasteiger partial charge in [-0.05, 0) is 51.1 Å². The molecule has 0 spiro atoms. The Labute approximate surface area is 127 Å². The molecule has 1 unspecified atom stereocenters. The number of aryl methyl sites for hydroxylation is 3. The number of benzene rings is 1. The smallest absolute Gasteiger partial charge is 0.0919 e. The fourth-order valence-corrected chi connectivity index (χ4v) is 2.62. The summed E-state index contributed by atoms with van der Waals surface area (Å²) in [6.45, 7) is 7.45. The first-order valence-electron chi connectivity index (χ1n) is 7.32. The van der Waals surface area contributed by atoms with E-state index in [1.807, 2.05) is 51.2 Å². The average Bonchev–Trinajstić information content (AvgIpc) is 2.38. The molecule has 2 rings (SSSR count). The molecule has 1 N–H and O–H groups in total. The van der Waals surface area contributed by atoms with Gasteiger partial charge in [-0.1, -0.05) is 29.8 Å². The molecule has 0 fully saturated rings. The number of pyridine rings is 1. The number of aromatic nitrogens is 1. The van der Waals surface area contributed by atoms with Gasteiger partial charge >= 0.3 is 0 Å². The maximum Gasteiger partial charge on any atom is 0.0919 e. The largest absolute Gasteiger partial charge is 0.387 e. The van der Waals surface area contributed by atoms with Crippen LogP contribution in [0, 0.1) is 20.8 Å². The Morgan fingerprint density at radius 2 is 1.90 bits per heavy atom. The number of nitrogens with zero attached hydrogens (tertiary/aromatic N) is 2. The van der Waals surface area contributed by atoms with E-state index >= 15 is 0 Å². The van der Waals surface area contributed by atoms with Gasteiger partial charge in [-0.3, -0.25) is 9.88 Å². The lowest BCUT2D eigenvalue weighted by Crippen LogP contribution is -2.25. The highest BCUT2D eigenvalue weighted by molar-refractivity contribution is 5.32. The first-order chi connectivity index (χ1) is 9.95. The molecule has 2 aromatic rings. The number of aliphatic hydroxyl groups excluding tert-OH is 1. The number of aliphatic hydroxyl groups is 1. The van der Waals surface area contributed by atoms with Crippen molar-refractivity contribution in [3.63, 3.8) is 0 Å². The molecule has 1 atom stereocenters. The van der Waals surface area contributed by atoms with Gasteiger partial charge in [-0.15, -0.1) is 0 Å². The quantitative estimate of drug-likeness (QED) is 0.916. The highest BCUT2D eigenvalue weighted by atomic mass is 16.3. The van der Waals surface area contributed by atoms with Gasteiger partial charge in [0.1, 0.15) is 0 Å². The summed E-state index contributed by atoms with van der Waals surface area (Å²) >= 11 is 0. The van der Waals surface area contributed by atoms with Crippen molar-refractivity contribution in [2.24, 2.45) is 0 Å². The summed E-state index contributed by atoms with van der Waals surface area (Å²) in [7, 11) is 2.01. The summed E-state index contributed by atoms with van der Waals surface area (Å²) in [5.74, 6) is 0. The number of rotatable bonds is 5. The van der Waals surface area contributed by atoms with E-state index in [4.69, 9.17) is 0 Å². The lowest BCUT2D eigenvalue weighted by Gasteiger charge is -2.22. The fourth-order valence-electron chi connectivity index (χ4n) is 2.62. The van der Waals surface area contributed by atoms with Gasteiger partial charge in [-0.25, -0.2) is 0 Å². The van der Waals surface area contributed by atoms with Crippen LogP contribution in [0.5, 0.6) is 0 Å². The topological polar surface area (TPSA) is 36.4 Å². The summed E-state index contributed by atoms with van der Waals surface area (Å²) in [6, 6.07) is 12.2. The van der Waals surface area contributed by atoms with Crippen LogP contribution in [-0.2, 0) is 6.54 Å². The number of hydrogen-bond acceptors (Lipinski definition) is 3. The Hall–Kier alpha value is -1.71. The molecule has 3 heteroatoms. The molecule has 0 aliphatic heterocycles. The van der Waals surface area contributed by atoms with Crippen molar-refractivity contribution >= 4 is 0 Å². The Morgan fingerprint density at radius 1 is 1.14 bits per heavy atom. The van der Waals surface area contributed by atoms with E-state index in [0.29, 0.717) is 6.54 Å². The van der Waals surface area contributed by atoms with Gasteiger partial charge in [0.05, 0.1) is 11.8 Å². The monoisotopic (exact) mass is 284 g/mol. The molecule has 0 aliphatic carbocycles. The summed E-state index contributed by atoms with van der Waals surface area (Å²) in [5, 5.41) is 10.4. The molecule has 0 radical (unpaired) electrons. The van der Waals surface area contributed by atoms with Crippen LogP contribution in [0.25, 0.3) is 0 Å². The number of likely N-dealkylation sites (N-methyl/N-ethyl adjacent to an activating group) is 1. The summed E-state index contributed by atoms with van der Waals surface area (Å²) < 4.78 is 0. The Kier molecular flexibility index (Phi) is 5.10. The summed E-state index contributed by atoms with van der Waals surface area (Å²) in [4.78, 5) is 6.60. The van der Waals surface area contributed by atoms with E-state index in [-0.39, 0.29) is 0 Å². The van der Waals surface area contributed by atoms with Crippen molar-refractivity contribution < 1.29 is 5.11 Å². The Balaban J connectivity index is 2.00. The molecule has 0 amide bonds. The highest BCUT2D eigenvalue weighted by Crippen LogP contribution is 2.20. The third kappa shape index (κ3) is 4.38. The summed E-state index contributed by atoms with van der Waals surface area (Å²) in [6.07, 6.45) is -0.472. The molecule has 0 saturated heterocycles. The highest BCUT2D eigenvalue weighted by Gasteiger charge is 2.13. The van der Waals surface area contributed by atoms with Gasteiger partial charge in [0.25, 0.3) is 0 Å². The lowest BCUT2D eigenvalue weighted by atomic mass is 10.0. The van der Waals surface area contributed by atoms with Crippen LogP contribution >= 0.6 is 0 Å². The average molecular weight is 284 g/mol. The van der Waals surface area contributed by atoms with E-state index in [2.05, 4.69) is 22.9 Å². The van der Waals surface area contributed by atoms with Gasteiger partial charge in [-0.2, -0.15) is 0 Å². The van der Waals surface area contributed by atoms with Crippen molar-refractivity contribution in [2.75, 3.05) is 13.6 Å². The van der Waals surface area contributed by atoms with Crippen molar-refractivity contribution in [2.45, 2.75) is 33.4 Å². The third-order valence-corrected chi connectivity index (χ3v) is 3.65. The third-order valence-electron chi connectivity index (χ3n) is 3.65. The molecule has 1 heterocycles. The zero-order valence-corrected chi connectivity index (χ0v) is 13.3. The minimum absolute atomic E-state index is 0.472. The van der Waals surface area contributed by atoms with E-state index in [1.54, 1.807) is 0 Å². The van der Waals surface area contributed by atoms with Crippen molar-refractivity contribution in [1.29, 1.82) is 0 Å². The lowest BCUT2D eigenvalue weighted by molar-refractivity contribution is 0.122. The molecule has 3 nitrogen and oxygen atoms in total. The van der Waals surface area contributed by atoms with Gasteiger partial charge < -0.3 is 5.11 Å². The predicted octanol–water partition coefficient (Wildman–Crippen LogP) is 3.17. The van der Waals surface area contributed by atoms with Crippen LogP contribution in [0.3, 0.4) is 0 Å². The second-order valence-corrected chi connectivity index (χ2v) is 5.84. The molecule has 0 aliphatic rings. The summed E-state index contributed by atoms with van der Waals surface area (Å²) in [5.41, 5.74) is 5.43. The van der Waals surface area contributed by atoms with Gasteiger partial charge in [0, 0.05) is 18.8 Å². The molecule has 0 bridgehead atoms. The molecule has 21 heavy (non-hydrogen) atoms. The Bertz CT molecular complexity index is 610. The second kappa shape index (κ2) is 6.83. The van der Waals surface area contributed by atoms with Crippen LogP contribution in [0.2, 0.25) is 0 Å². The molecule has 1 aromatic heterocycles. The van der Waals surface area contributed by atoms with E-state index in [0.717, 1.165) is 29.1 Å². The van der Waals surface area contributed by atoms with Crippen LogP contribution < -0.4 is 0 Å². The SMILES string of the molecule is Cc1ccc(C(O)CN(C)Cc2cccc(C)n2)c(C)c1. The van der Waals surface area contributed by atoms with E-state index in [9.17, 15) is 5.11 Å². The predicted molar refractivity (Wildman–Crippen MR) is 86.2 cm³/mol. The van der Waals surface area contributed by atoms with Crippen LogP contribution in [0.4, 0.5) is 0 Å². The molecule has 1 aromatic carbocycles. The fraction of sp³-hybridized carbons (Fsp3) is 0.389. The minimum atomic E-state index is -0.472. The minimum Gasteiger partial charge on any atom is -0.387 e.